The first-order chi connectivity index (χ1) is 14.7. The van der Waals surface area contributed by atoms with Gasteiger partial charge in [0.15, 0.2) is 0 Å². The minimum Gasteiger partial charge on any atom is -0.367 e. The second kappa shape index (κ2) is 9.80. The molecule has 0 aliphatic heterocycles. The maximum absolute atomic E-state index is 12.6. The van der Waals surface area contributed by atoms with E-state index in [1.165, 1.54) is 11.3 Å². The van der Waals surface area contributed by atoms with Crippen molar-refractivity contribution in [2.75, 3.05) is 23.7 Å². The van der Waals surface area contributed by atoms with Crippen LogP contribution in [0.1, 0.15) is 25.6 Å². The number of carbonyl (C=O) groups excluding carboxylic acids is 2. The van der Waals surface area contributed by atoms with Gasteiger partial charge in [-0.15, -0.1) is 11.3 Å². The van der Waals surface area contributed by atoms with E-state index >= 15 is 0 Å². The number of anilines is 2. The van der Waals surface area contributed by atoms with Crippen LogP contribution >= 0.6 is 22.9 Å². The van der Waals surface area contributed by atoms with Gasteiger partial charge in [0.1, 0.15) is 5.82 Å². The zero-order valence-corrected chi connectivity index (χ0v) is 17.4. The minimum absolute atomic E-state index is 0.0924. The highest BCUT2D eigenvalue weighted by molar-refractivity contribution is 7.12. The van der Waals surface area contributed by atoms with Crippen molar-refractivity contribution in [3.63, 3.8) is 0 Å². The van der Waals surface area contributed by atoms with E-state index < -0.39 is 11.7 Å². The molecule has 0 fully saturated rings. The largest absolute Gasteiger partial charge is 0.417 e. The quantitative estimate of drug-likeness (QED) is 0.430. The van der Waals surface area contributed by atoms with Gasteiger partial charge in [0.05, 0.1) is 15.5 Å². The molecule has 0 radical (unpaired) electrons. The molecule has 1 aromatic carbocycles. The lowest BCUT2D eigenvalue weighted by molar-refractivity contribution is -0.137. The predicted molar refractivity (Wildman–Crippen MR) is 114 cm³/mol. The van der Waals surface area contributed by atoms with Gasteiger partial charge in [0.25, 0.3) is 11.8 Å². The van der Waals surface area contributed by atoms with Gasteiger partial charge in [0.2, 0.25) is 0 Å². The SMILES string of the molecule is O=C(NCCNc1ncc(C(F)(F)F)cc1Cl)c1ccc(NC(=O)c2cccs2)cc1. The Bertz CT molecular complexity index is 1060. The molecule has 0 aliphatic carbocycles. The van der Waals surface area contributed by atoms with Crippen LogP contribution in [0.3, 0.4) is 0 Å². The maximum atomic E-state index is 12.6. The van der Waals surface area contributed by atoms with Crippen LogP contribution in [0, 0.1) is 0 Å². The summed E-state index contributed by atoms with van der Waals surface area (Å²) in [6.45, 7) is 0.396. The van der Waals surface area contributed by atoms with Gasteiger partial charge in [0, 0.05) is 30.5 Å². The van der Waals surface area contributed by atoms with Crippen LogP contribution in [0.5, 0.6) is 0 Å². The number of carbonyl (C=O) groups is 2. The number of amides is 2. The normalized spacial score (nSPS) is 11.1. The zero-order valence-electron chi connectivity index (χ0n) is 15.8. The van der Waals surface area contributed by atoms with Gasteiger partial charge in [-0.1, -0.05) is 17.7 Å². The number of thiophene rings is 1. The van der Waals surface area contributed by atoms with Gasteiger partial charge in [-0.2, -0.15) is 13.2 Å². The lowest BCUT2D eigenvalue weighted by Gasteiger charge is -2.11. The topological polar surface area (TPSA) is 83.1 Å². The number of alkyl halides is 3. The third-order valence-corrected chi connectivity index (χ3v) is 5.18. The maximum Gasteiger partial charge on any atom is 0.417 e. The van der Waals surface area contributed by atoms with Crippen molar-refractivity contribution in [2.45, 2.75) is 6.18 Å². The van der Waals surface area contributed by atoms with E-state index in [4.69, 9.17) is 11.6 Å². The third kappa shape index (κ3) is 6.19. The minimum atomic E-state index is -4.52. The molecule has 11 heteroatoms. The molecule has 3 rings (SSSR count). The summed E-state index contributed by atoms with van der Waals surface area (Å²) in [5, 5.41) is 9.82. The molecule has 31 heavy (non-hydrogen) atoms. The van der Waals surface area contributed by atoms with Crippen molar-refractivity contribution >= 4 is 46.3 Å². The van der Waals surface area contributed by atoms with Crippen molar-refractivity contribution in [2.24, 2.45) is 0 Å². The Morgan fingerprint density at radius 3 is 2.42 bits per heavy atom. The molecule has 0 unspecified atom stereocenters. The average molecular weight is 469 g/mol. The van der Waals surface area contributed by atoms with Crippen LogP contribution in [0.25, 0.3) is 0 Å². The number of hydrogen-bond donors (Lipinski definition) is 3. The molecule has 0 atom stereocenters. The molecule has 0 aliphatic rings. The first-order valence-electron chi connectivity index (χ1n) is 8.94. The Morgan fingerprint density at radius 2 is 1.81 bits per heavy atom. The summed E-state index contributed by atoms with van der Waals surface area (Å²) in [6, 6.07) is 10.7. The summed E-state index contributed by atoms with van der Waals surface area (Å²) in [5.41, 5.74) is 0.00539. The molecule has 6 nitrogen and oxygen atoms in total. The highest BCUT2D eigenvalue weighted by Gasteiger charge is 2.31. The van der Waals surface area contributed by atoms with Gasteiger partial charge in [-0.25, -0.2) is 4.98 Å². The Morgan fingerprint density at radius 1 is 1.06 bits per heavy atom. The van der Waals surface area contributed by atoms with Crippen molar-refractivity contribution in [1.82, 2.24) is 10.3 Å². The fourth-order valence-corrected chi connectivity index (χ4v) is 3.34. The molecule has 0 spiro atoms. The molecule has 0 bridgehead atoms. The molecule has 2 aromatic heterocycles. The van der Waals surface area contributed by atoms with Crippen LogP contribution in [-0.2, 0) is 6.18 Å². The van der Waals surface area contributed by atoms with Crippen LogP contribution in [0.4, 0.5) is 24.7 Å². The van der Waals surface area contributed by atoms with Crippen LogP contribution < -0.4 is 16.0 Å². The van der Waals surface area contributed by atoms with Gasteiger partial charge < -0.3 is 16.0 Å². The Hall–Kier alpha value is -3.11. The van der Waals surface area contributed by atoms with E-state index in [9.17, 15) is 22.8 Å². The molecular weight excluding hydrogens is 453 g/mol. The monoisotopic (exact) mass is 468 g/mol. The number of pyridine rings is 1. The van der Waals surface area contributed by atoms with Gasteiger partial charge in [-0.05, 0) is 41.8 Å². The summed E-state index contributed by atoms with van der Waals surface area (Å²) in [5.74, 6) is -0.479. The van der Waals surface area contributed by atoms with Crippen molar-refractivity contribution in [1.29, 1.82) is 0 Å². The predicted octanol–water partition coefficient (Wildman–Crippen LogP) is 4.91. The highest BCUT2D eigenvalue weighted by atomic mass is 35.5. The Balaban J connectivity index is 1.46. The number of rotatable bonds is 7. The molecule has 3 aromatic rings. The Kier molecular flexibility index (Phi) is 7.13. The van der Waals surface area contributed by atoms with Crippen LogP contribution in [-0.4, -0.2) is 29.9 Å². The zero-order chi connectivity index (χ0) is 22.4. The third-order valence-electron chi connectivity index (χ3n) is 4.02. The van der Waals surface area contributed by atoms with E-state index in [1.54, 1.807) is 41.8 Å². The lowest BCUT2D eigenvalue weighted by atomic mass is 10.2. The smallest absolute Gasteiger partial charge is 0.367 e. The number of nitrogens with zero attached hydrogens (tertiary/aromatic N) is 1. The molecule has 2 amide bonds. The molecule has 162 valence electrons. The van der Waals surface area contributed by atoms with E-state index in [0.717, 1.165) is 6.07 Å². The Labute approximate surface area is 184 Å². The first kappa shape index (κ1) is 22.6. The summed E-state index contributed by atoms with van der Waals surface area (Å²) in [7, 11) is 0. The average Bonchev–Trinajstić information content (AvgIpc) is 3.27. The van der Waals surface area contributed by atoms with E-state index in [-0.39, 0.29) is 35.7 Å². The summed E-state index contributed by atoms with van der Waals surface area (Å²) in [4.78, 5) is 28.5. The molecule has 3 N–H and O–H groups in total. The van der Waals surface area contributed by atoms with Crippen molar-refractivity contribution in [3.8, 4) is 0 Å². The molecule has 0 saturated heterocycles. The fraction of sp³-hybridized carbons (Fsp3) is 0.150. The van der Waals surface area contributed by atoms with Crippen LogP contribution in [0.2, 0.25) is 5.02 Å². The van der Waals surface area contributed by atoms with Crippen molar-refractivity contribution < 1.29 is 22.8 Å². The van der Waals surface area contributed by atoms with Gasteiger partial charge >= 0.3 is 6.18 Å². The van der Waals surface area contributed by atoms with Gasteiger partial charge in [-0.3, -0.25) is 9.59 Å². The summed E-state index contributed by atoms with van der Waals surface area (Å²) >= 11 is 7.14. The number of halogens is 4. The lowest BCUT2D eigenvalue weighted by Crippen LogP contribution is -2.29. The number of aromatic nitrogens is 1. The van der Waals surface area contributed by atoms with Crippen LogP contribution in [0.15, 0.2) is 54.0 Å². The number of hydrogen-bond acceptors (Lipinski definition) is 5. The standard InChI is InChI=1S/C20H16ClF3N4O2S/c21-15-10-13(20(22,23)24)11-27-17(15)25-7-8-26-18(29)12-3-5-14(6-4-12)28-19(30)16-2-1-9-31-16/h1-6,9-11H,7-8H2,(H,25,27)(H,26,29)(H,28,30). The fourth-order valence-electron chi connectivity index (χ4n) is 2.49. The van der Waals surface area contributed by atoms with E-state index in [2.05, 4.69) is 20.9 Å². The second-order valence-electron chi connectivity index (χ2n) is 6.24. The van der Waals surface area contributed by atoms with E-state index in [1.807, 2.05) is 0 Å². The highest BCUT2D eigenvalue weighted by Crippen LogP contribution is 2.32. The summed E-state index contributed by atoms with van der Waals surface area (Å²) < 4.78 is 37.9. The molecule has 2 heterocycles. The molecule has 0 saturated carbocycles. The van der Waals surface area contributed by atoms with Crippen molar-refractivity contribution in [3.05, 3.63) is 75.1 Å². The number of nitrogens with one attached hydrogen (secondary N) is 3. The van der Waals surface area contributed by atoms with E-state index in [0.29, 0.717) is 22.3 Å². The number of benzene rings is 1. The molecular formula is C20H16ClF3N4O2S. The summed E-state index contributed by atoms with van der Waals surface area (Å²) in [6.07, 6.45) is -3.84. The second-order valence-corrected chi connectivity index (χ2v) is 7.60. The first-order valence-corrected chi connectivity index (χ1v) is 10.2.